The number of nitrogens with zero attached hydrogens (tertiary/aromatic N) is 1. The molecule has 4 heteroatoms. The Morgan fingerprint density at radius 1 is 1.37 bits per heavy atom. The minimum Gasteiger partial charge on any atom is -0.367 e. The number of aromatic nitrogens is 2. The van der Waals surface area contributed by atoms with Crippen molar-refractivity contribution < 1.29 is 4.74 Å². The van der Waals surface area contributed by atoms with Gasteiger partial charge >= 0.3 is 0 Å². The van der Waals surface area contributed by atoms with Gasteiger partial charge in [0.1, 0.15) is 11.4 Å². The van der Waals surface area contributed by atoms with Gasteiger partial charge in [-0.2, -0.15) is 0 Å². The number of hydrogen-bond donors (Lipinski definition) is 2. The molecule has 0 unspecified atom stereocenters. The molecule has 1 aliphatic carbocycles. The molecule has 0 amide bonds. The molecule has 2 N–H and O–H groups in total. The molecule has 0 radical (unpaired) electrons. The van der Waals surface area contributed by atoms with Crippen LogP contribution in [0.25, 0.3) is 0 Å². The molecule has 0 aliphatic heterocycles. The highest BCUT2D eigenvalue weighted by molar-refractivity contribution is 5.10. The zero-order valence-corrected chi connectivity index (χ0v) is 12.5. The summed E-state index contributed by atoms with van der Waals surface area (Å²) in [6.07, 6.45) is 7.91. The molecule has 0 spiro atoms. The van der Waals surface area contributed by atoms with Crippen LogP contribution < -0.4 is 5.32 Å². The van der Waals surface area contributed by atoms with Crippen LogP contribution in [0.4, 0.5) is 0 Å². The van der Waals surface area contributed by atoms with E-state index < -0.39 is 0 Å². The second-order valence-corrected chi connectivity index (χ2v) is 5.78. The van der Waals surface area contributed by atoms with Crippen molar-refractivity contribution >= 4 is 0 Å². The lowest BCUT2D eigenvalue weighted by atomic mass is 9.84. The number of nitrogens with one attached hydrogen (secondary N) is 2. The van der Waals surface area contributed by atoms with E-state index in [1.165, 1.54) is 19.3 Å². The van der Waals surface area contributed by atoms with Gasteiger partial charge in [0.2, 0.25) is 0 Å². The third-order valence-electron chi connectivity index (χ3n) is 3.84. The van der Waals surface area contributed by atoms with E-state index in [1.807, 2.05) is 6.20 Å². The van der Waals surface area contributed by atoms with Gasteiger partial charge in [-0.25, -0.2) is 4.98 Å². The quantitative estimate of drug-likeness (QED) is 0.831. The predicted molar refractivity (Wildman–Crippen MR) is 77.0 cm³/mol. The van der Waals surface area contributed by atoms with Crippen molar-refractivity contribution in [1.82, 2.24) is 15.3 Å². The van der Waals surface area contributed by atoms with Crippen molar-refractivity contribution in [2.45, 2.75) is 71.1 Å². The Kier molecular flexibility index (Phi) is 4.99. The van der Waals surface area contributed by atoms with Gasteiger partial charge in [0, 0.05) is 31.1 Å². The first-order valence-electron chi connectivity index (χ1n) is 7.58. The zero-order valence-electron chi connectivity index (χ0n) is 12.5. The van der Waals surface area contributed by atoms with E-state index in [0.29, 0.717) is 6.04 Å². The number of ether oxygens (including phenoxy) is 1. The summed E-state index contributed by atoms with van der Waals surface area (Å²) >= 11 is 0. The maximum Gasteiger partial charge on any atom is 0.138 e. The highest BCUT2D eigenvalue weighted by Crippen LogP contribution is 2.38. The van der Waals surface area contributed by atoms with Crippen LogP contribution in [0.5, 0.6) is 0 Å². The molecule has 1 saturated carbocycles. The van der Waals surface area contributed by atoms with Crippen LogP contribution in [0.3, 0.4) is 0 Å². The normalized spacial score (nSPS) is 18.9. The molecule has 1 fully saturated rings. The summed E-state index contributed by atoms with van der Waals surface area (Å²) in [4.78, 5) is 8.05. The molecular formula is C15H27N3O. The average molecular weight is 265 g/mol. The van der Waals surface area contributed by atoms with Crippen LogP contribution in [-0.4, -0.2) is 22.6 Å². The Hall–Kier alpha value is -0.870. The smallest absolute Gasteiger partial charge is 0.138 e. The number of rotatable bonds is 6. The van der Waals surface area contributed by atoms with E-state index in [2.05, 4.69) is 36.1 Å². The van der Waals surface area contributed by atoms with Crippen LogP contribution in [0, 0.1) is 0 Å². The Morgan fingerprint density at radius 3 is 2.74 bits per heavy atom. The minimum atomic E-state index is -0.164. The molecule has 1 heterocycles. The number of imidazole rings is 1. The summed E-state index contributed by atoms with van der Waals surface area (Å²) in [5.41, 5.74) is 0.983. The molecule has 0 bridgehead atoms. The van der Waals surface area contributed by atoms with Crippen LogP contribution in [0.1, 0.15) is 64.4 Å². The summed E-state index contributed by atoms with van der Waals surface area (Å²) in [6, 6.07) is 0.488. The van der Waals surface area contributed by atoms with E-state index in [4.69, 9.17) is 4.74 Å². The molecule has 108 valence electrons. The fourth-order valence-corrected chi connectivity index (χ4v) is 2.84. The van der Waals surface area contributed by atoms with Crippen LogP contribution in [0.15, 0.2) is 6.20 Å². The SMILES string of the molecule is CCOC1(c2ncc(CNC(C)C)[nH]2)CCCCC1. The molecule has 19 heavy (non-hydrogen) atoms. The Bertz CT molecular complexity index is 375. The summed E-state index contributed by atoms with van der Waals surface area (Å²) in [6.45, 7) is 7.97. The summed E-state index contributed by atoms with van der Waals surface area (Å²) in [5.74, 6) is 1.02. The standard InChI is InChI=1S/C15H27N3O/c1-4-19-15(8-6-5-7-9-15)14-17-11-13(18-14)10-16-12(2)3/h11-12,16H,4-10H2,1-3H3,(H,17,18). The van der Waals surface area contributed by atoms with Crippen molar-refractivity contribution in [3.8, 4) is 0 Å². The molecule has 0 saturated heterocycles. The van der Waals surface area contributed by atoms with Gasteiger partial charge in [0.15, 0.2) is 0 Å². The third-order valence-corrected chi connectivity index (χ3v) is 3.84. The van der Waals surface area contributed by atoms with Gasteiger partial charge in [-0.3, -0.25) is 0 Å². The molecule has 2 rings (SSSR count). The first kappa shape index (κ1) is 14.5. The maximum atomic E-state index is 6.08. The van der Waals surface area contributed by atoms with Crippen molar-refractivity contribution in [2.24, 2.45) is 0 Å². The monoisotopic (exact) mass is 265 g/mol. The van der Waals surface area contributed by atoms with Gasteiger partial charge in [-0.05, 0) is 19.8 Å². The molecule has 0 atom stereocenters. The molecule has 1 aromatic heterocycles. The average Bonchev–Trinajstić information content (AvgIpc) is 2.87. The highest BCUT2D eigenvalue weighted by Gasteiger charge is 2.37. The van der Waals surface area contributed by atoms with Crippen molar-refractivity contribution in [1.29, 1.82) is 0 Å². The van der Waals surface area contributed by atoms with E-state index in [-0.39, 0.29) is 5.60 Å². The Balaban J connectivity index is 2.09. The molecular weight excluding hydrogens is 238 g/mol. The van der Waals surface area contributed by atoms with E-state index in [9.17, 15) is 0 Å². The van der Waals surface area contributed by atoms with Crippen LogP contribution in [0.2, 0.25) is 0 Å². The first-order valence-corrected chi connectivity index (χ1v) is 7.58. The van der Waals surface area contributed by atoms with E-state index >= 15 is 0 Å². The van der Waals surface area contributed by atoms with Crippen molar-refractivity contribution in [2.75, 3.05) is 6.61 Å². The first-order chi connectivity index (χ1) is 9.16. The predicted octanol–water partition coefficient (Wildman–Crippen LogP) is 3.10. The number of aromatic amines is 1. The topological polar surface area (TPSA) is 49.9 Å². The summed E-state index contributed by atoms with van der Waals surface area (Å²) < 4.78 is 6.08. The third kappa shape index (κ3) is 3.57. The molecule has 0 aromatic carbocycles. The van der Waals surface area contributed by atoms with Crippen molar-refractivity contribution in [3.63, 3.8) is 0 Å². The van der Waals surface area contributed by atoms with Gasteiger partial charge in [-0.15, -0.1) is 0 Å². The molecule has 1 aliphatic rings. The summed E-state index contributed by atoms with van der Waals surface area (Å²) in [7, 11) is 0. The van der Waals surface area contributed by atoms with Crippen molar-refractivity contribution in [3.05, 3.63) is 17.7 Å². The van der Waals surface area contributed by atoms with E-state index in [1.54, 1.807) is 0 Å². The fourth-order valence-electron chi connectivity index (χ4n) is 2.84. The largest absolute Gasteiger partial charge is 0.367 e. The van der Waals surface area contributed by atoms with Gasteiger partial charge in [-0.1, -0.05) is 33.1 Å². The molecule has 1 aromatic rings. The second-order valence-electron chi connectivity index (χ2n) is 5.78. The maximum absolute atomic E-state index is 6.08. The summed E-state index contributed by atoms with van der Waals surface area (Å²) in [5, 5.41) is 3.41. The molecule has 4 nitrogen and oxygen atoms in total. The lowest BCUT2D eigenvalue weighted by Crippen LogP contribution is -2.33. The van der Waals surface area contributed by atoms with Gasteiger partial charge < -0.3 is 15.0 Å². The van der Waals surface area contributed by atoms with Gasteiger partial charge in [0.25, 0.3) is 0 Å². The zero-order chi connectivity index (χ0) is 13.7. The van der Waals surface area contributed by atoms with Crippen LogP contribution >= 0.6 is 0 Å². The van der Waals surface area contributed by atoms with Crippen LogP contribution in [-0.2, 0) is 16.9 Å². The highest BCUT2D eigenvalue weighted by atomic mass is 16.5. The lowest BCUT2D eigenvalue weighted by molar-refractivity contribution is -0.0762. The Morgan fingerprint density at radius 2 is 2.11 bits per heavy atom. The van der Waals surface area contributed by atoms with Gasteiger partial charge in [0.05, 0.1) is 0 Å². The Labute approximate surface area is 116 Å². The number of hydrogen-bond acceptors (Lipinski definition) is 3. The lowest BCUT2D eigenvalue weighted by Gasteiger charge is -2.35. The van der Waals surface area contributed by atoms with E-state index in [0.717, 1.165) is 37.5 Å². The second kappa shape index (κ2) is 6.53. The number of H-pyrrole nitrogens is 1. The minimum absolute atomic E-state index is 0.164. The fraction of sp³-hybridized carbons (Fsp3) is 0.800.